The van der Waals surface area contributed by atoms with Crippen LogP contribution in [-0.4, -0.2) is 19.1 Å². The molecule has 1 N–H and O–H groups in total. The Kier molecular flexibility index (Phi) is 7.11. The topological polar surface area (TPSA) is 38.3 Å². The first kappa shape index (κ1) is 15.6. The van der Waals surface area contributed by atoms with Gasteiger partial charge in [0.2, 0.25) is 0 Å². The predicted molar refractivity (Wildman–Crippen MR) is 73.3 cm³/mol. The van der Waals surface area contributed by atoms with Gasteiger partial charge in [-0.05, 0) is 44.0 Å². The zero-order valence-electron chi connectivity index (χ0n) is 11.6. The lowest BCUT2D eigenvalue weighted by Gasteiger charge is -2.17. The molecule has 0 saturated heterocycles. The number of halogens is 1. The first-order valence-electron chi connectivity index (χ1n) is 6.81. The van der Waals surface area contributed by atoms with Crippen LogP contribution in [0.3, 0.4) is 0 Å². The number of nitrogens with one attached hydrogen (secondary N) is 1. The highest BCUT2D eigenvalue weighted by Gasteiger charge is 2.09. The van der Waals surface area contributed by atoms with E-state index in [1.807, 2.05) is 13.0 Å². The summed E-state index contributed by atoms with van der Waals surface area (Å²) in [7, 11) is 0. The SMILES string of the molecule is CCOC(=O)CCCNC(CC)c1cccc(F)c1. The Morgan fingerprint density at radius 3 is 2.84 bits per heavy atom. The maximum absolute atomic E-state index is 13.2. The summed E-state index contributed by atoms with van der Waals surface area (Å²) >= 11 is 0. The third-order valence-corrected chi connectivity index (χ3v) is 2.91. The third kappa shape index (κ3) is 5.83. The minimum absolute atomic E-state index is 0.123. The molecule has 0 radical (unpaired) electrons. The number of hydrogen-bond donors (Lipinski definition) is 1. The number of carbonyl (C=O) groups excluding carboxylic acids is 1. The quantitative estimate of drug-likeness (QED) is 0.580. The van der Waals surface area contributed by atoms with Crippen LogP contribution in [0.2, 0.25) is 0 Å². The van der Waals surface area contributed by atoms with E-state index in [0.717, 1.165) is 18.4 Å². The molecular formula is C15H22FNO2. The van der Waals surface area contributed by atoms with Crippen molar-refractivity contribution >= 4 is 5.97 Å². The highest BCUT2D eigenvalue weighted by atomic mass is 19.1. The fraction of sp³-hybridized carbons (Fsp3) is 0.533. The van der Waals surface area contributed by atoms with E-state index in [1.54, 1.807) is 19.1 Å². The van der Waals surface area contributed by atoms with Crippen molar-refractivity contribution in [2.24, 2.45) is 0 Å². The Bertz CT molecular complexity index is 395. The average molecular weight is 267 g/mol. The Morgan fingerprint density at radius 1 is 1.42 bits per heavy atom. The van der Waals surface area contributed by atoms with Gasteiger partial charge in [-0.1, -0.05) is 19.1 Å². The van der Waals surface area contributed by atoms with Crippen molar-refractivity contribution in [3.05, 3.63) is 35.6 Å². The molecule has 0 aliphatic heterocycles. The van der Waals surface area contributed by atoms with Gasteiger partial charge in [-0.25, -0.2) is 4.39 Å². The molecule has 0 aromatic heterocycles. The van der Waals surface area contributed by atoms with Gasteiger partial charge in [-0.15, -0.1) is 0 Å². The van der Waals surface area contributed by atoms with E-state index >= 15 is 0 Å². The molecule has 0 saturated carbocycles. The lowest BCUT2D eigenvalue weighted by Crippen LogP contribution is -2.22. The molecule has 3 nitrogen and oxygen atoms in total. The minimum Gasteiger partial charge on any atom is -0.466 e. The maximum atomic E-state index is 13.2. The molecule has 1 aromatic rings. The van der Waals surface area contributed by atoms with Crippen molar-refractivity contribution in [2.75, 3.05) is 13.2 Å². The van der Waals surface area contributed by atoms with Crippen LogP contribution in [0, 0.1) is 5.82 Å². The summed E-state index contributed by atoms with van der Waals surface area (Å²) < 4.78 is 18.0. The lowest BCUT2D eigenvalue weighted by molar-refractivity contribution is -0.143. The van der Waals surface area contributed by atoms with Crippen LogP contribution in [0.4, 0.5) is 4.39 Å². The van der Waals surface area contributed by atoms with E-state index in [-0.39, 0.29) is 17.8 Å². The summed E-state index contributed by atoms with van der Waals surface area (Å²) in [4.78, 5) is 11.2. The summed E-state index contributed by atoms with van der Waals surface area (Å²) in [6.45, 7) is 4.99. The normalized spacial score (nSPS) is 12.2. The second kappa shape index (κ2) is 8.64. The first-order valence-corrected chi connectivity index (χ1v) is 6.81. The van der Waals surface area contributed by atoms with Crippen LogP contribution in [-0.2, 0) is 9.53 Å². The van der Waals surface area contributed by atoms with Gasteiger partial charge in [0, 0.05) is 12.5 Å². The van der Waals surface area contributed by atoms with Crippen molar-refractivity contribution in [3.63, 3.8) is 0 Å². The van der Waals surface area contributed by atoms with Gasteiger partial charge < -0.3 is 10.1 Å². The molecule has 0 aliphatic carbocycles. The lowest BCUT2D eigenvalue weighted by atomic mass is 10.0. The summed E-state index contributed by atoms with van der Waals surface area (Å²) in [6, 6.07) is 6.74. The van der Waals surface area contributed by atoms with E-state index < -0.39 is 0 Å². The van der Waals surface area contributed by atoms with Gasteiger partial charge in [-0.2, -0.15) is 0 Å². The standard InChI is InChI=1S/C15H22FNO2/c1-3-14(12-7-5-8-13(16)11-12)17-10-6-9-15(18)19-4-2/h5,7-8,11,14,17H,3-4,6,9-10H2,1-2H3. The van der Waals surface area contributed by atoms with Crippen molar-refractivity contribution in [2.45, 2.75) is 39.2 Å². The van der Waals surface area contributed by atoms with Gasteiger partial charge in [0.15, 0.2) is 0 Å². The van der Waals surface area contributed by atoms with Gasteiger partial charge in [0.05, 0.1) is 6.61 Å². The fourth-order valence-electron chi connectivity index (χ4n) is 1.96. The molecule has 4 heteroatoms. The van der Waals surface area contributed by atoms with Crippen LogP contribution in [0.1, 0.15) is 44.7 Å². The monoisotopic (exact) mass is 267 g/mol. The Balaban J connectivity index is 2.35. The number of rotatable bonds is 8. The summed E-state index contributed by atoms with van der Waals surface area (Å²) in [5.74, 6) is -0.382. The molecule has 19 heavy (non-hydrogen) atoms. The number of carbonyl (C=O) groups is 1. The summed E-state index contributed by atoms with van der Waals surface area (Å²) in [6.07, 6.45) is 2.02. The van der Waals surface area contributed by atoms with Crippen LogP contribution < -0.4 is 5.32 Å². The van der Waals surface area contributed by atoms with E-state index in [1.165, 1.54) is 6.07 Å². The predicted octanol–water partition coefficient (Wildman–Crippen LogP) is 3.21. The molecule has 0 bridgehead atoms. The first-order chi connectivity index (χ1) is 9.17. The van der Waals surface area contributed by atoms with Gasteiger partial charge in [-0.3, -0.25) is 4.79 Å². The van der Waals surface area contributed by atoms with Crippen molar-refractivity contribution in [3.8, 4) is 0 Å². The van der Waals surface area contributed by atoms with Crippen LogP contribution >= 0.6 is 0 Å². The highest BCUT2D eigenvalue weighted by Crippen LogP contribution is 2.17. The smallest absolute Gasteiger partial charge is 0.305 e. The zero-order valence-corrected chi connectivity index (χ0v) is 11.6. The van der Waals surface area contributed by atoms with Gasteiger partial charge >= 0.3 is 5.97 Å². The molecule has 1 atom stereocenters. The van der Waals surface area contributed by atoms with E-state index in [0.29, 0.717) is 19.6 Å². The number of ether oxygens (including phenoxy) is 1. The van der Waals surface area contributed by atoms with Crippen molar-refractivity contribution < 1.29 is 13.9 Å². The van der Waals surface area contributed by atoms with Crippen LogP contribution in [0.5, 0.6) is 0 Å². The van der Waals surface area contributed by atoms with E-state index in [9.17, 15) is 9.18 Å². The minimum atomic E-state index is -0.218. The highest BCUT2D eigenvalue weighted by molar-refractivity contribution is 5.69. The molecule has 0 heterocycles. The number of esters is 1. The molecule has 1 aromatic carbocycles. The average Bonchev–Trinajstić information content (AvgIpc) is 2.39. The Hall–Kier alpha value is -1.42. The molecule has 106 valence electrons. The van der Waals surface area contributed by atoms with E-state index in [4.69, 9.17) is 4.74 Å². The molecule has 1 unspecified atom stereocenters. The summed E-state index contributed by atoms with van der Waals surface area (Å²) in [5, 5.41) is 3.34. The Labute approximate surface area is 114 Å². The second-order valence-electron chi connectivity index (χ2n) is 4.38. The van der Waals surface area contributed by atoms with Crippen LogP contribution in [0.15, 0.2) is 24.3 Å². The maximum Gasteiger partial charge on any atom is 0.305 e. The fourth-order valence-corrected chi connectivity index (χ4v) is 1.96. The van der Waals surface area contributed by atoms with Crippen molar-refractivity contribution in [1.29, 1.82) is 0 Å². The molecule has 0 amide bonds. The van der Waals surface area contributed by atoms with Gasteiger partial charge in [0.25, 0.3) is 0 Å². The third-order valence-electron chi connectivity index (χ3n) is 2.91. The van der Waals surface area contributed by atoms with Gasteiger partial charge in [0.1, 0.15) is 5.82 Å². The van der Waals surface area contributed by atoms with Crippen LogP contribution in [0.25, 0.3) is 0 Å². The van der Waals surface area contributed by atoms with Crippen molar-refractivity contribution in [1.82, 2.24) is 5.32 Å². The molecule has 0 spiro atoms. The Morgan fingerprint density at radius 2 is 2.21 bits per heavy atom. The molecule has 1 rings (SSSR count). The number of hydrogen-bond acceptors (Lipinski definition) is 3. The number of benzene rings is 1. The van der Waals surface area contributed by atoms with E-state index in [2.05, 4.69) is 5.32 Å². The molecule has 0 fully saturated rings. The molecule has 0 aliphatic rings. The summed E-state index contributed by atoms with van der Waals surface area (Å²) in [5.41, 5.74) is 0.943. The zero-order chi connectivity index (χ0) is 14.1. The second-order valence-corrected chi connectivity index (χ2v) is 4.38. The largest absolute Gasteiger partial charge is 0.466 e. The molecular weight excluding hydrogens is 245 g/mol.